The number of para-hydroxylation sites is 1. The SMILES string of the molecule is CNCCCC1Cc2cc(F)ccc2N(c2ccccc2Cl)S1(=O)=O. The van der Waals surface area contributed by atoms with E-state index < -0.39 is 15.3 Å². The number of anilines is 2. The molecule has 134 valence electrons. The summed E-state index contributed by atoms with van der Waals surface area (Å²) in [6.07, 6.45) is 1.53. The number of nitrogens with zero attached hydrogens (tertiary/aromatic N) is 1. The van der Waals surface area contributed by atoms with E-state index in [1.807, 2.05) is 7.05 Å². The molecule has 1 N–H and O–H groups in total. The first kappa shape index (κ1) is 18.2. The van der Waals surface area contributed by atoms with Crippen molar-refractivity contribution < 1.29 is 12.8 Å². The van der Waals surface area contributed by atoms with Crippen LogP contribution in [0.4, 0.5) is 15.8 Å². The van der Waals surface area contributed by atoms with Gasteiger partial charge in [-0.25, -0.2) is 17.1 Å². The van der Waals surface area contributed by atoms with Crippen molar-refractivity contribution in [3.8, 4) is 0 Å². The fourth-order valence-corrected chi connectivity index (χ4v) is 5.50. The van der Waals surface area contributed by atoms with Crippen molar-refractivity contribution in [3.63, 3.8) is 0 Å². The second-order valence-corrected chi connectivity index (χ2v) is 8.57. The molecule has 3 rings (SSSR count). The lowest BCUT2D eigenvalue weighted by Gasteiger charge is -2.36. The Morgan fingerprint density at radius 1 is 1.24 bits per heavy atom. The summed E-state index contributed by atoms with van der Waals surface area (Å²) in [5, 5.41) is 2.76. The van der Waals surface area contributed by atoms with E-state index in [-0.39, 0.29) is 5.82 Å². The van der Waals surface area contributed by atoms with E-state index in [0.717, 1.165) is 13.0 Å². The maximum absolute atomic E-state index is 13.7. The minimum Gasteiger partial charge on any atom is -0.320 e. The Kier molecular flexibility index (Phi) is 5.32. The number of hydrogen-bond acceptors (Lipinski definition) is 3. The highest BCUT2D eigenvalue weighted by atomic mass is 35.5. The van der Waals surface area contributed by atoms with Gasteiger partial charge in [-0.3, -0.25) is 0 Å². The molecule has 0 aliphatic carbocycles. The smallest absolute Gasteiger partial charge is 0.242 e. The number of sulfonamides is 1. The van der Waals surface area contributed by atoms with Crippen molar-refractivity contribution in [1.29, 1.82) is 0 Å². The first-order valence-corrected chi connectivity index (χ1v) is 10.0. The van der Waals surface area contributed by atoms with Crippen molar-refractivity contribution in [2.24, 2.45) is 0 Å². The van der Waals surface area contributed by atoms with Crippen LogP contribution in [0.15, 0.2) is 42.5 Å². The first-order chi connectivity index (χ1) is 11.9. The number of rotatable bonds is 5. The Hall–Kier alpha value is -1.63. The lowest BCUT2D eigenvalue weighted by molar-refractivity contribution is 0.553. The Labute approximate surface area is 152 Å². The molecule has 25 heavy (non-hydrogen) atoms. The number of fused-ring (bicyclic) bond motifs is 1. The quantitative estimate of drug-likeness (QED) is 0.798. The molecule has 1 heterocycles. The molecule has 1 unspecified atom stereocenters. The molecular weight excluding hydrogens is 363 g/mol. The van der Waals surface area contributed by atoms with Gasteiger partial charge in [0.15, 0.2) is 0 Å². The van der Waals surface area contributed by atoms with Gasteiger partial charge in [-0.15, -0.1) is 0 Å². The van der Waals surface area contributed by atoms with Crippen molar-refractivity contribution in [2.45, 2.75) is 24.5 Å². The summed E-state index contributed by atoms with van der Waals surface area (Å²) in [7, 11) is -1.82. The van der Waals surface area contributed by atoms with Crippen LogP contribution in [-0.4, -0.2) is 27.3 Å². The lowest BCUT2D eigenvalue weighted by Crippen LogP contribution is -2.41. The van der Waals surface area contributed by atoms with Crippen LogP contribution < -0.4 is 9.62 Å². The van der Waals surface area contributed by atoms with Crippen molar-refractivity contribution in [2.75, 3.05) is 17.9 Å². The third-order valence-corrected chi connectivity index (χ3v) is 6.87. The normalized spacial score (nSPS) is 18.8. The van der Waals surface area contributed by atoms with Gasteiger partial charge in [-0.1, -0.05) is 23.7 Å². The molecule has 0 amide bonds. The summed E-state index contributed by atoms with van der Waals surface area (Å²) >= 11 is 6.27. The van der Waals surface area contributed by atoms with Crippen LogP contribution in [0.5, 0.6) is 0 Å². The molecule has 0 saturated carbocycles. The number of nitrogens with one attached hydrogen (secondary N) is 1. The van der Waals surface area contributed by atoms with Gasteiger partial charge in [0.25, 0.3) is 0 Å². The minimum atomic E-state index is -3.65. The van der Waals surface area contributed by atoms with Crippen LogP contribution in [-0.2, 0) is 16.4 Å². The maximum Gasteiger partial charge on any atom is 0.242 e. The van der Waals surface area contributed by atoms with E-state index in [1.54, 1.807) is 24.3 Å². The van der Waals surface area contributed by atoms with Crippen LogP contribution in [0.1, 0.15) is 18.4 Å². The summed E-state index contributed by atoms with van der Waals surface area (Å²) in [6.45, 7) is 0.730. The Morgan fingerprint density at radius 3 is 2.72 bits per heavy atom. The van der Waals surface area contributed by atoms with Gasteiger partial charge in [-0.2, -0.15) is 0 Å². The Morgan fingerprint density at radius 2 is 2.00 bits per heavy atom. The molecule has 0 spiro atoms. The molecule has 7 heteroatoms. The average molecular weight is 383 g/mol. The molecule has 1 aliphatic rings. The summed E-state index contributed by atoms with van der Waals surface area (Å²) < 4.78 is 41.5. The monoisotopic (exact) mass is 382 g/mol. The summed E-state index contributed by atoms with van der Waals surface area (Å²) in [6, 6.07) is 11.0. The molecule has 2 aromatic rings. The number of halogens is 2. The van der Waals surface area contributed by atoms with Crippen LogP contribution in [0.2, 0.25) is 5.02 Å². The largest absolute Gasteiger partial charge is 0.320 e. The highest BCUT2D eigenvalue weighted by Crippen LogP contribution is 2.42. The average Bonchev–Trinajstić information content (AvgIpc) is 2.57. The minimum absolute atomic E-state index is 0.306. The van der Waals surface area contributed by atoms with Crippen LogP contribution in [0, 0.1) is 5.82 Å². The molecular formula is C18H20ClFN2O2S. The highest BCUT2D eigenvalue weighted by Gasteiger charge is 2.39. The van der Waals surface area contributed by atoms with Gasteiger partial charge in [-0.05, 0) is 68.8 Å². The van der Waals surface area contributed by atoms with Gasteiger partial charge in [0, 0.05) is 0 Å². The third kappa shape index (κ3) is 3.52. The zero-order valence-electron chi connectivity index (χ0n) is 13.9. The van der Waals surface area contributed by atoms with Crippen LogP contribution in [0.3, 0.4) is 0 Å². The summed E-state index contributed by atoms with van der Waals surface area (Å²) in [5.41, 5.74) is 1.55. The second-order valence-electron chi connectivity index (χ2n) is 6.11. The van der Waals surface area contributed by atoms with Crippen LogP contribution in [0.25, 0.3) is 0 Å². The van der Waals surface area contributed by atoms with E-state index >= 15 is 0 Å². The fourth-order valence-electron chi connectivity index (χ4n) is 3.19. The van der Waals surface area contributed by atoms with E-state index in [4.69, 9.17) is 11.6 Å². The third-order valence-electron chi connectivity index (χ3n) is 4.41. The molecule has 1 atom stereocenters. The molecule has 4 nitrogen and oxygen atoms in total. The van der Waals surface area contributed by atoms with Crippen molar-refractivity contribution in [3.05, 3.63) is 58.9 Å². The molecule has 2 aromatic carbocycles. The van der Waals surface area contributed by atoms with Gasteiger partial charge < -0.3 is 5.32 Å². The zero-order valence-corrected chi connectivity index (χ0v) is 15.4. The van der Waals surface area contributed by atoms with Gasteiger partial charge in [0.2, 0.25) is 10.0 Å². The van der Waals surface area contributed by atoms with E-state index in [0.29, 0.717) is 34.8 Å². The van der Waals surface area contributed by atoms with Gasteiger partial charge >= 0.3 is 0 Å². The Bertz CT molecular complexity index is 873. The van der Waals surface area contributed by atoms with Gasteiger partial charge in [0.05, 0.1) is 21.6 Å². The molecule has 0 fully saturated rings. The lowest BCUT2D eigenvalue weighted by atomic mass is 10.0. The van der Waals surface area contributed by atoms with Crippen LogP contribution >= 0.6 is 11.6 Å². The van der Waals surface area contributed by atoms with E-state index in [9.17, 15) is 12.8 Å². The predicted octanol–water partition coefficient (Wildman–Crippen LogP) is 3.87. The zero-order chi connectivity index (χ0) is 18.0. The standard InChI is InChI=1S/C18H20ClFN2O2S/c1-21-10-4-5-15-12-13-11-14(20)8-9-17(13)22(25(15,23)24)18-7-3-2-6-16(18)19/h2-3,6-9,11,15,21H,4-5,10,12H2,1H3. The summed E-state index contributed by atoms with van der Waals surface area (Å²) in [5.74, 6) is -0.369. The Balaban J connectivity index is 2.12. The molecule has 0 bridgehead atoms. The maximum atomic E-state index is 13.7. The fraction of sp³-hybridized carbons (Fsp3) is 0.333. The number of hydrogen-bond donors (Lipinski definition) is 1. The molecule has 0 radical (unpaired) electrons. The molecule has 0 aromatic heterocycles. The molecule has 0 saturated heterocycles. The molecule has 1 aliphatic heterocycles. The number of benzene rings is 2. The highest BCUT2D eigenvalue weighted by molar-refractivity contribution is 7.93. The summed E-state index contributed by atoms with van der Waals surface area (Å²) in [4.78, 5) is 0. The van der Waals surface area contributed by atoms with E-state index in [1.165, 1.54) is 22.5 Å². The van der Waals surface area contributed by atoms with Crippen molar-refractivity contribution >= 4 is 33.0 Å². The topological polar surface area (TPSA) is 49.4 Å². The van der Waals surface area contributed by atoms with Crippen molar-refractivity contribution in [1.82, 2.24) is 5.32 Å². The predicted molar refractivity (Wildman–Crippen MR) is 99.6 cm³/mol. The van der Waals surface area contributed by atoms with Gasteiger partial charge in [0.1, 0.15) is 5.82 Å². The second kappa shape index (κ2) is 7.32. The first-order valence-electron chi connectivity index (χ1n) is 8.17. The van der Waals surface area contributed by atoms with E-state index in [2.05, 4.69) is 5.32 Å².